The highest BCUT2D eigenvalue weighted by Crippen LogP contribution is 2.21. The molecule has 0 bridgehead atoms. The van der Waals surface area contributed by atoms with Crippen molar-refractivity contribution in [1.29, 1.82) is 0 Å². The van der Waals surface area contributed by atoms with Crippen LogP contribution in [0.2, 0.25) is 0 Å². The maximum atomic E-state index is 11.3. The lowest BCUT2D eigenvalue weighted by Gasteiger charge is -2.18. The predicted octanol–water partition coefficient (Wildman–Crippen LogP) is 2.74. The zero-order valence-electron chi connectivity index (χ0n) is 13.8. The first kappa shape index (κ1) is 17.9. The van der Waals surface area contributed by atoms with Crippen molar-refractivity contribution in [1.82, 2.24) is 9.97 Å². The monoisotopic (exact) mass is 312 g/mol. The minimum Gasteiger partial charge on any atom is -0.370 e. The summed E-state index contributed by atoms with van der Waals surface area (Å²) < 4.78 is 11.3. The second-order valence-electron chi connectivity index (χ2n) is 5.42. The topological polar surface area (TPSA) is 66.9 Å². The molecule has 5 nitrogen and oxygen atoms in total. The fourth-order valence-electron chi connectivity index (χ4n) is 2.08. The molecule has 2 atom stereocenters. The summed E-state index contributed by atoms with van der Waals surface area (Å²) in [5.74, 6) is 3.23. The first-order chi connectivity index (χ1) is 9.97. The molecule has 0 aliphatic rings. The standard InChI is InChI=1S/C15H28N4OS/c1-6-8-13-18-14(16-9-7-2)12(4)15(19-13)17-11(3)10-21(5)20/h11H,6-10H2,1-5H3,(H2,16,17,18,19). The van der Waals surface area contributed by atoms with Crippen molar-refractivity contribution < 1.29 is 4.21 Å². The van der Waals surface area contributed by atoms with Gasteiger partial charge in [-0.05, 0) is 26.7 Å². The average molecular weight is 312 g/mol. The summed E-state index contributed by atoms with van der Waals surface area (Å²) in [4.78, 5) is 9.22. The zero-order chi connectivity index (χ0) is 15.8. The predicted molar refractivity (Wildman–Crippen MR) is 91.6 cm³/mol. The van der Waals surface area contributed by atoms with Gasteiger partial charge in [0.1, 0.15) is 17.5 Å². The molecule has 0 aromatic carbocycles. The Kier molecular flexibility index (Phi) is 7.64. The van der Waals surface area contributed by atoms with Gasteiger partial charge in [-0.2, -0.15) is 0 Å². The molecule has 1 aromatic heterocycles. The molecule has 0 spiro atoms. The van der Waals surface area contributed by atoms with E-state index >= 15 is 0 Å². The molecule has 120 valence electrons. The van der Waals surface area contributed by atoms with Crippen molar-refractivity contribution in [3.63, 3.8) is 0 Å². The van der Waals surface area contributed by atoms with Crippen LogP contribution in [0.4, 0.5) is 11.6 Å². The molecule has 0 radical (unpaired) electrons. The molecule has 2 unspecified atom stereocenters. The number of aromatic nitrogens is 2. The Bertz CT molecular complexity index is 479. The third kappa shape index (κ3) is 5.99. The number of anilines is 2. The smallest absolute Gasteiger partial charge is 0.135 e. The third-order valence-electron chi connectivity index (χ3n) is 3.08. The van der Waals surface area contributed by atoms with Crippen molar-refractivity contribution in [3.8, 4) is 0 Å². The van der Waals surface area contributed by atoms with Crippen LogP contribution in [-0.4, -0.2) is 38.8 Å². The van der Waals surface area contributed by atoms with Gasteiger partial charge in [-0.25, -0.2) is 9.97 Å². The largest absolute Gasteiger partial charge is 0.370 e. The van der Waals surface area contributed by atoms with E-state index in [1.165, 1.54) is 0 Å². The van der Waals surface area contributed by atoms with E-state index in [0.717, 1.165) is 48.8 Å². The molecule has 1 rings (SSSR count). The van der Waals surface area contributed by atoms with Crippen LogP contribution in [0.3, 0.4) is 0 Å². The number of rotatable bonds is 9. The molecule has 0 saturated heterocycles. The maximum absolute atomic E-state index is 11.3. The summed E-state index contributed by atoms with van der Waals surface area (Å²) in [5, 5.41) is 6.74. The first-order valence-corrected chi connectivity index (χ1v) is 9.38. The van der Waals surface area contributed by atoms with Gasteiger partial charge in [-0.15, -0.1) is 0 Å². The summed E-state index contributed by atoms with van der Waals surface area (Å²) in [6, 6.07) is 0.123. The van der Waals surface area contributed by atoms with Crippen LogP contribution in [0.15, 0.2) is 0 Å². The Hall–Kier alpha value is -1.17. The summed E-state index contributed by atoms with van der Waals surface area (Å²) in [7, 11) is -0.816. The summed E-state index contributed by atoms with van der Waals surface area (Å²) in [5.41, 5.74) is 1.03. The van der Waals surface area contributed by atoms with Gasteiger partial charge in [0.05, 0.1) is 0 Å². The van der Waals surface area contributed by atoms with E-state index < -0.39 is 10.8 Å². The van der Waals surface area contributed by atoms with Gasteiger partial charge in [0.15, 0.2) is 0 Å². The van der Waals surface area contributed by atoms with Crippen molar-refractivity contribution in [2.24, 2.45) is 0 Å². The summed E-state index contributed by atoms with van der Waals surface area (Å²) in [6.07, 6.45) is 4.66. The van der Waals surface area contributed by atoms with Crippen LogP contribution in [0.25, 0.3) is 0 Å². The number of nitrogens with one attached hydrogen (secondary N) is 2. The highest BCUT2D eigenvalue weighted by Gasteiger charge is 2.13. The van der Waals surface area contributed by atoms with E-state index in [4.69, 9.17) is 0 Å². The van der Waals surface area contributed by atoms with Gasteiger partial charge in [-0.3, -0.25) is 4.21 Å². The zero-order valence-corrected chi connectivity index (χ0v) is 14.6. The number of hydrogen-bond donors (Lipinski definition) is 2. The number of hydrogen-bond acceptors (Lipinski definition) is 5. The van der Waals surface area contributed by atoms with Crippen molar-refractivity contribution >= 4 is 22.4 Å². The minimum atomic E-state index is -0.816. The number of aryl methyl sites for hydroxylation is 1. The van der Waals surface area contributed by atoms with E-state index in [1.807, 2.05) is 13.8 Å². The molecular formula is C15H28N4OS. The Morgan fingerprint density at radius 3 is 2.43 bits per heavy atom. The first-order valence-electron chi connectivity index (χ1n) is 7.65. The second-order valence-corrected chi connectivity index (χ2v) is 6.90. The van der Waals surface area contributed by atoms with E-state index in [2.05, 4.69) is 34.4 Å². The highest BCUT2D eigenvalue weighted by atomic mass is 32.2. The van der Waals surface area contributed by atoms with Crippen LogP contribution in [0, 0.1) is 6.92 Å². The Morgan fingerprint density at radius 1 is 1.19 bits per heavy atom. The van der Waals surface area contributed by atoms with Crippen molar-refractivity contribution in [3.05, 3.63) is 11.4 Å². The van der Waals surface area contributed by atoms with Gasteiger partial charge < -0.3 is 10.6 Å². The van der Waals surface area contributed by atoms with Crippen LogP contribution in [0.5, 0.6) is 0 Å². The molecule has 0 aliphatic carbocycles. The van der Waals surface area contributed by atoms with E-state index in [-0.39, 0.29) is 6.04 Å². The lowest BCUT2D eigenvalue weighted by atomic mass is 10.2. The molecule has 6 heteroatoms. The fourth-order valence-corrected chi connectivity index (χ4v) is 2.87. The van der Waals surface area contributed by atoms with Gasteiger partial charge in [0, 0.05) is 47.4 Å². The molecule has 2 N–H and O–H groups in total. The van der Waals surface area contributed by atoms with Gasteiger partial charge in [-0.1, -0.05) is 13.8 Å². The Labute approximate surface area is 130 Å². The maximum Gasteiger partial charge on any atom is 0.135 e. The van der Waals surface area contributed by atoms with Gasteiger partial charge >= 0.3 is 0 Å². The lowest BCUT2D eigenvalue weighted by Crippen LogP contribution is -2.24. The van der Waals surface area contributed by atoms with Gasteiger partial charge in [0.25, 0.3) is 0 Å². The van der Waals surface area contributed by atoms with Crippen LogP contribution < -0.4 is 10.6 Å². The Morgan fingerprint density at radius 2 is 1.86 bits per heavy atom. The molecule has 0 amide bonds. The third-order valence-corrected chi connectivity index (χ3v) is 4.05. The minimum absolute atomic E-state index is 0.123. The molecule has 0 fully saturated rings. The number of nitrogens with zero attached hydrogens (tertiary/aromatic N) is 2. The SMILES string of the molecule is CCCNc1nc(CCC)nc(NC(C)CS(C)=O)c1C. The fraction of sp³-hybridized carbons (Fsp3) is 0.733. The molecule has 0 saturated carbocycles. The molecule has 1 aromatic rings. The summed E-state index contributed by atoms with van der Waals surface area (Å²) in [6.45, 7) is 9.21. The molecular weight excluding hydrogens is 284 g/mol. The molecule has 21 heavy (non-hydrogen) atoms. The van der Waals surface area contributed by atoms with Crippen LogP contribution in [-0.2, 0) is 17.2 Å². The molecule has 1 heterocycles. The molecule has 0 aliphatic heterocycles. The second kappa shape index (κ2) is 8.97. The van der Waals surface area contributed by atoms with E-state index in [1.54, 1.807) is 6.26 Å². The van der Waals surface area contributed by atoms with Crippen molar-refractivity contribution in [2.45, 2.75) is 53.0 Å². The summed E-state index contributed by atoms with van der Waals surface area (Å²) >= 11 is 0. The lowest BCUT2D eigenvalue weighted by molar-refractivity contribution is 0.682. The quantitative estimate of drug-likeness (QED) is 0.734. The van der Waals surface area contributed by atoms with E-state index in [9.17, 15) is 4.21 Å². The highest BCUT2D eigenvalue weighted by molar-refractivity contribution is 7.84. The van der Waals surface area contributed by atoms with E-state index in [0.29, 0.717) is 5.75 Å². The van der Waals surface area contributed by atoms with Gasteiger partial charge in [0.2, 0.25) is 0 Å². The van der Waals surface area contributed by atoms with Crippen LogP contribution in [0.1, 0.15) is 45.0 Å². The Balaban J connectivity index is 2.98. The van der Waals surface area contributed by atoms with Crippen LogP contribution >= 0.6 is 0 Å². The average Bonchev–Trinajstić information content (AvgIpc) is 2.40. The normalized spacial score (nSPS) is 13.8. The van der Waals surface area contributed by atoms with Crippen molar-refractivity contribution in [2.75, 3.05) is 29.2 Å².